The molecule has 2 aromatic rings. The third-order valence-electron chi connectivity index (χ3n) is 3.52. The number of amides is 1. The Labute approximate surface area is 143 Å². The number of rotatable bonds is 6. The van der Waals surface area contributed by atoms with E-state index < -0.39 is 22.7 Å². The van der Waals surface area contributed by atoms with Gasteiger partial charge in [-0.25, -0.2) is 4.39 Å². The molecule has 0 unspecified atom stereocenters. The summed E-state index contributed by atoms with van der Waals surface area (Å²) in [6, 6.07) is 12.3. The Morgan fingerprint density at radius 1 is 1.32 bits per heavy atom. The van der Waals surface area contributed by atoms with Crippen molar-refractivity contribution in [1.82, 2.24) is 5.32 Å². The summed E-state index contributed by atoms with van der Waals surface area (Å²) in [5.41, 5.74) is 0.192. The van der Waals surface area contributed by atoms with Gasteiger partial charge in [0.15, 0.2) is 0 Å². The molecule has 8 heteroatoms. The van der Waals surface area contributed by atoms with E-state index in [4.69, 9.17) is 0 Å². The van der Waals surface area contributed by atoms with Crippen molar-refractivity contribution in [3.63, 3.8) is 0 Å². The van der Waals surface area contributed by atoms with Gasteiger partial charge in [-0.15, -0.1) is 0 Å². The van der Waals surface area contributed by atoms with Gasteiger partial charge < -0.3 is 10.2 Å². The number of hydrogen-bond donors (Lipinski definition) is 1. The highest BCUT2D eigenvalue weighted by Gasteiger charge is 2.21. The van der Waals surface area contributed by atoms with E-state index in [2.05, 4.69) is 5.32 Å². The highest BCUT2D eigenvalue weighted by atomic mass is 19.1. The van der Waals surface area contributed by atoms with Crippen molar-refractivity contribution in [2.75, 3.05) is 18.5 Å². The van der Waals surface area contributed by atoms with Gasteiger partial charge in [0.25, 0.3) is 5.69 Å². The maximum atomic E-state index is 13.8. The monoisotopic (exact) mass is 342 g/mol. The van der Waals surface area contributed by atoms with Crippen LogP contribution in [0, 0.1) is 27.3 Å². The number of nitro groups is 1. The molecule has 0 heterocycles. The van der Waals surface area contributed by atoms with E-state index >= 15 is 0 Å². The summed E-state index contributed by atoms with van der Waals surface area (Å²) < 4.78 is 13.8. The normalized spacial score (nSPS) is 11.2. The average Bonchev–Trinajstić information content (AvgIpc) is 2.60. The van der Waals surface area contributed by atoms with Crippen molar-refractivity contribution in [2.24, 2.45) is 0 Å². The molecule has 0 saturated heterocycles. The first-order valence-electron chi connectivity index (χ1n) is 7.32. The summed E-state index contributed by atoms with van der Waals surface area (Å²) in [6.45, 7) is -0.225. The van der Waals surface area contributed by atoms with Gasteiger partial charge in [0.05, 0.1) is 17.5 Å². The summed E-state index contributed by atoms with van der Waals surface area (Å²) in [5.74, 6) is -1.16. The molecule has 0 spiro atoms. The minimum atomic E-state index is -1.15. The minimum absolute atomic E-state index is 0.0618. The quantitative estimate of drug-likeness (QED) is 0.642. The van der Waals surface area contributed by atoms with E-state index in [-0.39, 0.29) is 23.5 Å². The van der Waals surface area contributed by atoms with E-state index in [0.29, 0.717) is 0 Å². The standard InChI is InChI=1S/C17H15FN4O3/c1-21(15-8-4-5-9-16(15)22(24)25)11-17(23)20-14(10-19)12-6-2-3-7-13(12)18/h2-9,14H,11H2,1H3,(H,20,23)/t14-/m0/s1. The molecule has 0 aliphatic rings. The number of likely N-dealkylation sites (N-methyl/N-ethyl adjacent to an activating group) is 1. The lowest BCUT2D eigenvalue weighted by molar-refractivity contribution is -0.384. The summed E-state index contributed by atoms with van der Waals surface area (Å²) in [4.78, 5) is 24.1. The fraction of sp³-hybridized carbons (Fsp3) is 0.176. The smallest absolute Gasteiger partial charge is 0.292 e. The summed E-state index contributed by atoms with van der Waals surface area (Å²) in [6.07, 6.45) is 0. The third kappa shape index (κ3) is 4.29. The SMILES string of the molecule is CN(CC(=O)N[C@@H](C#N)c1ccccc1F)c1ccccc1[N+](=O)[O-]. The second-order valence-electron chi connectivity index (χ2n) is 5.25. The van der Waals surface area contributed by atoms with Crippen molar-refractivity contribution in [3.05, 3.63) is 70.0 Å². The molecule has 1 N–H and O–H groups in total. The molecule has 0 aromatic heterocycles. The number of nitriles is 1. The first-order chi connectivity index (χ1) is 11.9. The number of anilines is 1. The van der Waals surface area contributed by atoms with Crippen molar-refractivity contribution < 1.29 is 14.1 Å². The van der Waals surface area contributed by atoms with Gasteiger partial charge >= 0.3 is 0 Å². The molecule has 2 aromatic carbocycles. The van der Waals surface area contributed by atoms with Gasteiger partial charge in [-0.3, -0.25) is 14.9 Å². The van der Waals surface area contributed by atoms with E-state index in [1.807, 2.05) is 6.07 Å². The molecule has 7 nitrogen and oxygen atoms in total. The lowest BCUT2D eigenvalue weighted by atomic mass is 10.1. The maximum Gasteiger partial charge on any atom is 0.292 e. The van der Waals surface area contributed by atoms with Gasteiger partial charge in [0.2, 0.25) is 5.91 Å². The molecule has 0 radical (unpaired) electrons. The number of carbonyl (C=O) groups excluding carboxylic acids is 1. The Hall–Kier alpha value is -3.47. The second kappa shape index (κ2) is 7.88. The maximum absolute atomic E-state index is 13.8. The van der Waals surface area contributed by atoms with Crippen LogP contribution < -0.4 is 10.2 Å². The van der Waals surface area contributed by atoms with Gasteiger partial charge in [0.1, 0.15) is 17.5 Å². The fourth-order valence-electron chi connectivity index (χ4n) is 2.34. The Bertz CT molecular complexity index is 835. The molecule has 0 aliphatic carbocycles. The molecular formula is C17H15FN4O3. The first-order valence-corrected chi connectivity index (χ1v) is 7.32. The van der Waals surface area contributed by atoms with Crippen molar-refractivity contribution >= 4 is 17.3 Å². The lowest BCUT2D eigenvalue weighted by Crippen LogP contribution is -2.37. The van der Waals surface area contributed by atoms with E-state index in [1.165, 1.54) is 48.3 Å². The minimum Gasteiger partial charge on any atom is -0.360 e. The summed E-state index contributed by atoms with van der Waals surface area (Å²) >= 11 is 0. The predicted octanol–water partition coefficient (Wildman–Crippen LogP) is 2.55. The zero-order valence-corrected chi connectivity index (χ0v) is 13.3. The van der Waals surface area contributed by atoms with Gasteiger partial charge in [-0.1, -0.05) is 30.3 Å². The number of halogens is 1. The zero-order valence-electron chi connectivity index (χ0n) is 13.3. The molecular weight excluding hydrogens is 327 g/mol. The van der Waals surface area contributed by atoms with Crippen LogP contribution in [0.25, 0.3) is 0 Å². The van der Waals surface area contributed by atoms with E-state index in [0.717, 1.165) is 0 Å². The second-order valence-corrected chi connectivity index (χ2v) is 5.25. The van der Waals surface area contributed by atoms with Crippen LogP contribution in [0.3, 0.4) is 0 Å². The number of carbonyl (C=O) groups is 1. The Morgan fingerprint density at radius 2 is 1.96 bits per heavy atom. The van der Waals surface area contributed by atoms with Crippen LogP contribution in [0.2, 0.25) is 0 Å². The Kier molecular flexibility index (Phi) is 5.63. The highest BCUT2D eigenvalue weighted by Crippen LogP contribution is 2.26. The summed E-state index contributed by atoms with van der Waals surface area (Å²) in [7, 11) is 1.52. The van der Waals surface area contributed by atoms with Crippen LogP contribution in [-0.4, -0.2) is 24.4 Å². The number of hydrogen-bond acceptors (Lipinski definition) is 5. The van der Waals surface area contributed by atoms with Crippen LogP contribution >= 0.6 is 0 Å². The Morgan fingerprint density at radius 3 is 2.60 bits per heavy atom. The van der Waals surface area contributed by atoms with Crippen LogP contribution in [0.5, 0.6) is 0 Å². The molecule has 0 fully saturated rings. The third-order valence-corrected chi connectivity index (χ3v) is 3.52. The number of benzene rings is 2. The number of nitrogens with zero attached hydrogens (tertiary/aromatic N) is 3. The van der Waals surface area contributed by atoms with Crippen LogP contribution in [0.1, 0.15) is 11.6 Å². The molecule has 0 bridgehead atoms. The lowest BCUT2D eigenvalue weighted by Gasteiger charge is -2.20. The highest BCUT2D eigenvalue weighted by molar-refractivity contribution is 5.83. The number of nitro benzene ring substituents is 1. The topological polar surface area (TPSA) is 99.3 Å². The van der Waals surface area contributed by atoms with Gasteiger partial charge in [0, 0.05) is 18.7 Å². The first kappa shape index (κ1) is 17.9. The number of para-hydroxylation sites is 2. The van der Waals surface area contributed by atoms with Crippen LogP contribution in [0.4, 0.5) is 15.8 Å². The van der Waals surface area contributed by atoms with Crippen molar-refractivity contribution in [1.29, 1.82) is 5.26 Å². The van der Waals surface area contributed by atoms with Gasteiger partial charge in [-0.2, -0.15) is 5.26 Å². The largest absolute Gasteiger partial charge is 0.360 e. The zero-order chi connectivity index (χ0) is 18.4. The molecule has 0 saturated carbocycles. The summed E-state index contributed by atoms with van der Waals surface area (Å²) in [5, 5.41) is 22.7. The molecule has 1 amide bonds. The molecule has 128 valence electrons. The Balaban J connectivity index is 2.11. The fourth-order valence-corrected chi connectivity index (χ4v) is 2.34. The number of nitrogens with one attached hydrogen (secondary N) is 1. The predicted molar refractivity (Wildman–Crippen MR) is 89.3 cm³/mol. The van der Waals surface area contributed by atoms with Crippen molar-refractivity contribution in [2.45, 2.75) is 6.04 Å². The average molecular weight is 342 g/mol. The molecule has 1 atom stereocenters. The van der Waals surface area contributed by atoms with Gasteiger partial charge in [-0.05, 0) is 12.1 Å². The van der Waals surface area contributed by atoms with E-state index in [9.17, 15) is 24.6 Å². The molecule has 25 heavy (non-hydrogen) atoms. The van der Waals surface area contributed by atoms with Crippen molar-refractivity contribution in [3.8, 4) is 6.07 Å². The van der Waals surface area contributed by atoms with E-state index in [1.54, 1.807) is 12.1 Å². The molecule has 2 rings (SSSR count). The molecule has 0 aliphatic heterocycles. The van der Waals surface area contributed by atoms with Crippen LogP contribution in [-0.2, 0) is 4.79 Å². The van der Waals surface area contributed by atoms with Crippen LogP contribution in [0.15, 0.2) is 48.5 Å².